The summed E-state index contributed by atoms with van der Waals surface area (Å²) >= 11 is 0. The minimum Gasteiger partial charge on any atom is -0.382 e. The summed E-state index contributed by atoms with van der Waals surface area (Å²) in [6, 6.07) is 9.02. The highest BCUT2D eigenvalue weighted by molar-refractivity contribution is 6.38. The Morgan fingerprint density at radius 3 is 1.41 bits per heavy atom. The quantitative estimate of drug-likeness (QED) is 0.767. The molecule has 2 unspecified atom stereocenters. The van der Waals surface area contributed by atoms with Crippen molar-refractivity contribution in [2.24, 2.45) is 10.8 Å². The average molecular weight is 296 g/mol. The Morgan fingerprint density at radius 1 is 0.773 bits per heavy atom. The lowest BCUT2D eigenvalue weighted by Crippen LogP contribution is -2.32. The minimum absolute atomic E-state index is 0.136. The van der Waals surface area contributed by atoms with Crippen molar-refractivity contribution in [2.75, 3.05) is 13.2 Å². The molecule has 0 aromatic heterocycles. The van der Waals surface area contributed by atoms with Gasteiger partial charge < -0.3 is 9.47 Å². The number of hydrogen-bond acceptors (Lipinski definition) is 2. The van der Waals surface area contributed by atoms with Gasteiger partial charge in [0, 0.05) is 12.0 Å². The highest BCUT2D eigenvalue weighted by Crippen LogP contribution is 2.35. The Labute approximate surface area is 136 Å². The van der Waals surface area contributed by atoms with Crippen LogP contribution < -0.4 is 0 Å². The molecule has 3 rings (SSSR count). The summed E-state index contributed by atoms with van der Waals surface area (Å²) in [7, 11) is 4.59. The van der Waals surface area contributed by atoms with Crippen molar-refractivity contribution in [3.05, 3.63) is 35.4 Å². The Balaban J connectivity index is 1.61. The molecule has 0 amide bonds. The summed E-state index contributed by atoms with van der Waals surface area (Å²) < 4.78 is 12.0. The topological polar surface area (TPSA) is 18.5 Å². The van der Waals surface area contributed by atoms with E-state index in [2.05, 4.69) is 66.5 Å². The zero-order chi connectivity index (χ0) is 15.8. The van der Waals surface area contributed by atoms with Gasteiger partial charge in [-0.05, 0) is 22.0 Å². The summed E-state index contributed by atoms with van der Waals surface area (Å²) in [5.41, 5.74) is 3.04. The highest BCUT2D eigenvalue weighted by Gasteiger charge is 2.31. The average Bonchev–Trinajstić information content (AvgIpc) is 2.48. The second-order valence-corrected chi connectivity index (χ2v) is 8.34. The van der Waals surface area contributed by atoms with Gasteiger partial charge in [0.05, 0.1) is 13.2 Å². The molecular formula is C18H26B2O2. The molecule has 0 N–H and O–H groups in total. The van der Waals surface area contributed by atoms with Gasteiger partial charge in [-0.2, -0.15) is 0 Å². The van der Waals surface area contributed by atoms with Crippen LogP contribution in [0.3, 0.4) is 0 Å². The third-order valence-corrected chi connectivity index (χ3v) is 4.67. The van der Waals surface area contributed by atoms with Crippen molar-refractivity contribution >= 4 is 14.6 Å². The fourth-order valence-corrected chi connectivity index (χ4v) is 3.08. The van der Waals surface area contributed by atoms with Gasteiger partial charge in [0.2, 0.25) is 0 Å². The lowest BCUT2D eigenvalue weighted by atomic mass is 9.56. The van der Waals surface area contributed by atoms with Crippen molar-refractivity contribution in [1.29, 1.82) is 0 Å². The van der Waals surface area contributed by atoms with Crippen LogP contribution in [0.15, 0.2) is 24.3 Å². The largest absolute Gasteiger partial charge is 0.382 e. The van der Waals surface area contributed by atoms with E-state index in [0.717, 1.165) is 25.9 Å². The normalized spacial score (nSPS) is 30.2. The summed E-state index contributed by atoms with van der Waals surface area (Å²) in [6.07, 6.45) is 2.21. The SMILES string of the molecule is CC1(C)C[B]C(c2ccc(C3[B]CC(C)(C)CO3)cc2)OC1. The maximum atomic E-state index is 6.00. The Morgan fingerprint density at radius 2 is 1.14 bits per heavy atom. The molecule has 2 nitrogen and oxygen atoms in total. The molecule has 4 heteroatoms. The molecule has 2 saturated heterocycles. The Kier molecular flexibility index (Phi) is 4.44. The van der Waals surface area contributed by atoms with E-state index in [9.17, 15) is 0 Å². The second kappa shape index (κ2) is 6.05. The van der Waals surface area contributed by atoms with Crippen molar-refractivity contribution in [3.8, 4) is 0 Å². The Bertz CT molecular complexity index is 443. The second-order valence-electron chi connectivity index (χ2n) is 8.34. The molecule has 2 fully saturated rings. The van der Waals surface area contributed by atoms with Crippen LogP contribution in [-0.2, 0) is 9.47 Å². The molecule has 2 aliphatic heterocycles. The lowest BCUT2D eigenvalue weighted by molar-refractivity contribution is 0.0297. The first-order chi connectivity index (χ1) is 10.3. The monoisotopic (exact) mass is 296 g/mol. The van der Waals surface area contributed by atoms with E-state index in [0.29, 0.717) is 0 Å². The molecule has 1 aromatic rings. The van der Waals surface area contributed by atoms with Crippen LogP contribution in [0.25, 0.3) is 0 Å². The summed E-state index contributed by atoms with van der Waals surface area (Å²) in [5.74, 6) is 0. The molecule has 2 aliphatic rings. The fourth-order valence-electron chi connectivity index (χ4n) is 3.08. The van der Waals surface area contributed by atoms with E-state index in [4.69, 9.17) is 9.47 Å². The molecule has 22 heavy (non-hydrogen) atoms. The van der Waals surface area contributed by atoms with E-state index in [1.165, 1.54) is 11.1 Å². The van der Waals surface area contributed by atoms with Gasteiger partial charge in [-0.25, -0.2) is 0 Å². The number of rotatable bonds is 2. The molecule has 1 aromatic carbocycles. The molecule has 0 spiro atoms. The molecular weight excluding hydrogens is 270 g/mol. The predicted octanol–water partition coefficient (Wildman–Crippen LogP) is 4.04. The maximum Gasteiger partial charge on any atom is 0.156 e. The number of ether oxygens (including phenoxy) is 2. The van der Waals surface area contributed by atoms with Gasteiger partial charge >= 0.3 is 0 Å². The van der Waals surface area contributed by atoms with Crippen LogP contribution in [-0.4, -0.2) is 27.8 Å². The first-order valence-corrected chi connectivity index (χ1v) is 8.34. The van der Waals surface area contributed by atoms with E-state index in [1.54, 1.807) is 0 Å². The van der Waals surface area contributed by atoms with Crippen LogP contribution in [0.5, 0.6) is 0 Å². The third-order valence-electron chi connectivity index (χ3n) is 4.67. The molecule has 116 valence electrons. The molecule has 2 heterocycles. The van der Waals surface area contributed by atoms with Gasteiger partial charge in [0.25, 0.3) is 0 Å². The first kappa shape index (κ1) is 16.1. The van der Waals surface area contributed by atoms with Crippen LogP contribution in [0.4, 0.5) is 0 Å². The third kappa shape index (κ3) is 3.78. The lowest BCUT2D eigenvalue weighted by Gasteiger charge is -2.35. The summed E-state index contributed by atoms with van der Waals surface area (Å²) in [6.45, 7) is 10.7. The van der Waals surface area contributed by atoms with Gasteiger partial charge in [-0.1, -0.05) is 64.6 Å². The van der Waals surface area contributed by atoms with Gasteiger partial charge in [-0.15, -0.1) is 0 Å². The van der Waals surface area contributed by atoms with E-state index >= 15 is 0 Å². The van der Waals surface area contributed by atoms with Crippen molar-refractivity contribution in [2.45, 2.75) is 52.3 Å². The number of benzene rings is 1. The molecule has 2 atom stereocenters. The maximum absolute atomic E-state index is 6.00. The molecule has 0 aliphatic carbocycles. The van der Waals surface area contributed by atoms with Crippen molar-refractivity contribution < 1.29 is 9.47 Å². The standard InChI is InChI=1S/C18H26B2O2/c1-17(2)9-19-15(21-11-17)13-5-7-14(8-6-13)16-20-10-18(3,4)12-22-16/h5-8,15-16H,9-12H2,1-4H3. The smallest absolute Gasteiger partial charge is 0.156 e. The van der Waals surface area contributed by atoms with Crippen LogP contribution >= 0.6 is 0 Å². The van der Waals surface area contributed by atoms with Crippen LogP contribution in [0, 0.1) is 10.8 Å². The van der Waals surface area contributed by atoms with Crippen molar-refractivity contribution in [1.82, 2.24) is 0 Å². The zero-order valence-electron chi connectivity index (χ0n) is 14.3. The predicted molar refractivity (Wildman–Crippen MR) is 92.5 cm³/mol. The van der Waals surface area contributed by atoms with Crippen LogP contribution in [0.1, 0.15) is 50.8 Å². The van der Waals surface area contributed by atoms with Crippen molar-refractivity contribution in [3.63, 3.8) is 0 Å². The van der Waals surface area contributed by atoms with E-state index in [1.807, 2.05) is 0 Å². The van der Waals surface area contributed by atoms with Gasteiger partial charge in [-0.3, -0.25) is 0 Å². The Hall–Kier alpha value is -0.730. The molecule has 0 saturated carbocycles. The molecule has 2 radical (unpaired) electrons. The summed E-state index contributed by atoms with van der Waals surface area (Å²) in [5, 5.41) is 0. The van der Waals surface area contributed by atoms with E-state index < -0.39 is 0 Å². The number of hydrogen-bond donors (Lipinski definition) is 0. The molecule has 0 bridgehead atoms. The fraction of sp³-hybridized carbons (Fsp3) is 0.667. The zero-order valence-corrected chi connectivity index (χ0v) is 14.3. The van der Waals surface area contributed by atoms with Gasteiger partial charge in [0.15, 0.2) is 14.6 Å². The highest BCUT2D eigenvalue weighted by atomic mass is 16.5. The summed E-state index contributed by atoms with van der Waals surface area (Å²) in [4.78, 5) is 0. The first-order valence-electron chi connectivity index (χ1n) is 8.34. The minimum atomic E-state index is 0.136. The van der Waals surface area contributed by atoms with Gasteiger partial charge in [0.1, 0.15) is 0 Å². The van der Waals surface area contributed by atoms with E-state index in [-0.39, 0.29) is 22.8 Å². The van der Waals surface area contributed by atoms with Crippen LogP contribution in [0.2, 0.25) is 12.6 Å².